The zero-order valence-corrected chi connectivity index (χ0v) is 10.3. The van der Waals surface area contributed by atoms with Crippen LogP contribution in [0.2, 0.25) is 0 Å². The van der Waals surface area contributed by atoms with E-state index in [4.69, 9.17) is 0 Å². The monoisotopic (exact) mass is 206 g/mol. The van der Waals surface area contributed by atoms with Crippen LogP contribution < -0.4 is 0 Å². The molecule has 0 spiro atoms. The van der Waals surface area contributed by atoms with Crippen molar-refractivity contribution in [3.05, 3.63) is 24.3 Å². The summed E-state index contributed by atoms with van der Waals surface area (Å²) in [7, 11) is 0. The lowest BCUT2D eigenvalue weighted by molar-refractivity contribution is -0.121. The van der Waals surface area contributed by atoms with Gasteiger partial charge in [0.05, 0.1) is 0 Å². The summed E-state index contributed by atoms with van der Waals surface area (Å²) in [5.41, 5.74) is 1.19. The van der Waals surface area contributed by atoms with E-state index in [0.29, 0.717) is 5.92 Å². The third kappa shape index (κ3) is 2.39. The molecule has 0 aromatic carbocycles. The van der Waals surface area contributed by atoms with Gasteiger partial charge in [-0.1, -0.05) is 39.0 Å². The molecule has 1 rings (SSSR count). The standard InChI is InChI=1S/C14H22O/c1-6-7-12(15)13-11(3)10(2)8-9-14(13,4)5/h6-7,10,13H,3,8-9H2,1-2,4-5H3/b7-6+/t10-,13-/m0/s1. The van der Waals surface area contributed by atoms with Gasteiger partial charge in [-0.25, -0.2) is 0 Å². The maximum atomic E-state index is 12.0. The van der Waals surface area contributed by atoms with E-state index >= 15 is 0 Å². The van der Waals surface area contributed by atoms with Gasteiger partial charge in [-0.2, -0.15) is 0 Å². The van der Waals surface area contributed by atoms with E-state index in [1.165, 1.54) is 0 Å². The third-order valence-electron chi connectivity index (χ3n) is 3.62. The Morgan fingerprint density at radius 3 is 2.67 bits per heavy atom. The first-order chi connectivity index (χ1) is 6.90. The molecule has 0 aromatic heterocycles. The molecule has 1 fully saturated rings. The van der Waals surface area contributed by atoms with Crippen LogP contribution in [0.25, 0.3) is 0 Å². The predicted octanol–water partition coefficient (Wildman–Crippen LogP) is 3.76. The number of carbonyl (C=O) groups excluding carboxylic acids is 1. The van der Waals surface area contributed by atoms with Crippen LogP contribution in [0.15, 0.2) is 24.3 Å². The maximum Gasteiger partial charge on any atom is 0.162 e. The zero-order chi connectivity index (χ0) is 11.6. The first kappa shape index (κ1) is 12.2. The summed E-state index contributed by atoms with van der Waals surface area (Å²) in [6.45, 7) is 12.5. The van der Waals surface area contributed by atoms with E-state index in [-0.39, 0.29) is 17.1 Å². The van der Waals surface area contributed by atoms with Gasteiger partial charge in [0.15, 0.2) is 5.78 Å². The molecular weight excluding hydrogens is 184 g/mol. The van der Waals surface area contributed by atoms with Crippen LogP contribution >= 0.6 is 0 Å². The number of carbonyl (C=O) groups is 1. The fourth-order valence-corrected chi connectivity index (χ4v) is 2.53. The summed E-state index contributed by atoms with van der Waals surface area (Å²) in [4.78, 5) is 12.0. The SMILES string of the molecule is C=C1[C@@H](C(=O)/C=C/C)C(C)(C)CC[C@@H]1C. The van der Waals surface area contributed by atoms with Crippen molar-refractivity contribution >= 4 is 5.78 Å². The van der Waals surface area contributed by atoms with Gasteiger partial charge in [0, 0.05) is 5.92 Å². The molecule has 0 unspecified atom stereocenters. The molecule has 0 aliphatic heterocycles. The van der Waals surface area contributed by atoms with Crippen molar-refractivity contribution in [1.29, 1.82) is 0 Å². The molecule has 15 heavy (non-hydrogen) atoms. The van der Waals surface area contributed by atoms with E-state index < -0.39 is 0 Å². The molecule has 0 N–H and O–H groups in total. The molecule has 1 aliphatic rings. The third-order valence-corrected chi connectivity index (χ3v) is 3.62. The summed E-state index contributed by atoms with van der Waals surface area (Å²) in [5, 5.41) is 0. The van der Waals surface area contributed by atoms with E-state index in [0.717, 1.165) is 18.4 Å². The molecule has 0 saturated heterocycles. The van der Waals surface area contributed by atoms with Crippen LogP contribution in [0.4, 0.5) is 0 Å². The number of allylic oxidation sites excluding steroid dienone is 3. The van der Waals surface area contributed by atoms with Gasteiger partial charge in [0.1, 0.15) is 0 Å². The molecule has 84 valence electrons. The predicted molar refractivity (Wildman–Crippen MR) is 64.6 cm³/mol. The molecule has 0 aromatic rings. The molecule has 1 aliphatic carbocycles. The van der Waals surface area contributed by atoms with Crippen molar-refractivity contribution in [2.75, 3.05) is 0 Å². The summed E-state index contributed by atoms with van der Waals surface area (Å²) < 4.78 is 0. The Labute approximate surface area is 93.3 Å². The number of hydrogen-bond acceptors (Lipinski definition) is 1. The minimum absolute atomic E-state index is 0.0115. The van der Waals surface area contributed by atoms with Crippen LogP contribution in [-0.4, -0.2) is 5.78 Å². The lowest BCUT2D eigenvalue weighted by Crippen LogP contribution is -2.37. The topological polar surface area (TPSA) is 17.1 Å². The van der Waals surface area contributed by atoms with Crippen LogP contribution in [0.3, 0.4) is 0 Å². The molecule has 0 heterocycles. The Bertz CT molecular complexity index is 296. The lowest BCUT2D eigenvalue weighted by atomic mass is 9.62. The fourth-order valence-electron chi connectivity index (χ4n) is 2.53. The molecule has 1 saturated carbocycles. The van der Waals surface area contributed by atoms with Gasteiger partial charge in [-0.15, -0.1) is 0 Å². The van der Waals surface area contributed by atoms with Gasteiger partial charge in [0.2, 0.25) is 0 Å². The van der Waals surface area contributed by atoms with Crippen LogP contribution in [0.5, 0.6) is 0 Å². The van der Waals surface area contributed by atoms with Crippen LogP contribution in [0, 0.1) is 17.3 Å². The molecule has 1 heteroatoms. The lowest BCUT2D eigenvalue weighted by Gasteiger charge is -2.41. The summed E-state index contributed by atoms with van der Waals surface area (Å²) in [6, 6.07) is 0. The van der Waals surface area contributed by atoms with E-state index in [1.807, 2.05) is 13.0 Å². The first-order valence-corrected chi connectivity index (χ1v) is 5.75. The van der Waals surface area contributed by atoms with Crippen molar-refractivity contribution < 1.29 is 4.79 Å². The summed E-state index contributed by atoms with van der Waals surface area (Å²) in [6.07, 6.45) is 5.78. The summed E-state index contributed by atoms with van der Waals surface area (Å²) in [5.74, 6) is 0.716. The highest BCUT2D eigenvalue weighted by molar-refractivity contribution is 5.94. The maximum absolute atomic E-state index is 12.0. The van der Waals surface area contributed by atoms with E-state index in [1.54, 1.807) is 6.08 Å². The van der Waals surface area contributed by atoms with E-state index in [9.17, 15) is 4.79 Å². The largest absolute Gasteiger partial charge is 0.294 e. The van der Waals surface area contributed by atoms with Gasteiger partial charge < -0.3 is 0 Å². The molecule has 1 nitrogen and oxygen atoms in total. The second-order valence-electron chi connectivity index (χ2n) is 5.34. The average molecular weight is 206 g/mol. The molecule has 0 bridgehead atoms. The zero-order valence-electron chi connectivity index (χ0n) is 10.3. The molecule has 0 amide bonds. The second kappa shape index (κ2) is 4.34. The molecule has 0 radical (unpaired) electrons. The highest BCUT2D eigenvalue weighted by Crippen LogP contribution is 2.46. The van der Waals surface area contributed by atoms with Crippen LogP contribution in [0.1, 0.15) is 40.5 Å². The summed E-state index contributed by atoms with van der Waals surface area (Å²) >= 11 is 0. The Kier molecular flexibility index (Phi) is 3.54. The second-order valence-corrected chi connectivity index (χ2v) is 5.34. The first-order valence-electron chi connectivity index (χ1n) is 5.75. The smallest absolute Gasteiger partial charge is 0.162 e. The Balaban J connectivity index is 2.98. The van der Waals surface area contributed by atoms with Gasteiger partial charge in [-0.05, 0) is 37.2 Å². The van der Waals surface area contributed by atoms with Crippen LogP contribution in [-0.2, 0) is 4.79 Å². The minimum Gasteiger partial charge on any atom is -0.294 e. The Morgan fingerprint density at radius 1 is 1.53 bits per heavy atom. The number of hydrogen-bond donors (Lipinski definition) is 0. The number of rotatable bonds is 2. The highest BCUT2D eigenvalue weighted by atomic mass is 16.1. The van der Waals surface area contributed by atoms with E-state index in [2.05, 4.69) is 27.4 Å². The molecule has 2 atom stereocenters. The van der Waals surface area contributed by atoms with Crippen molar-refractivity contribution in [3.8, 4) is 0 Å². The number of ketones is 1. The Morgan fingerprint density at radius 2 is 2.13 bits per heavy atom. The van der Waals surface area contributed by atoms with Gasteiger partial charge in [0.25, 0.3) is 0 Å². The van der Waals surface area contributed by atoms with Crippen molar-refractivity contribution in [3.63, 3.8) is 0 Å². The highest BCUT2D eigenvalue weighted by Gasteiger charge is 2.40. The van der Waals surface area contributed by atoms with Crippen molar-refractivity contribution in [2.24, 2.45) is 17.3 Å². The average Bonchev–Trinajstić information content (AvgIpc) is 2.12. The van der Waals surface area contributed by atoms with Crippen molar-refractivity contribution in [1.82, 2.24) is 0 Å². The van der Waals surface area contributed by atoms with Gasteiger partial charge >= 0.3 is 0 Å². The van der Waals surface area contributed by atoms with Crippen molar-refractivity contribution in [2.45, 2.75) is 40.5 Å². The fraction of sp³-hybridized carbons (Fsp3) is 0.643. The Hall–Kier alpha value is -0.850. The normalized spacial score (nSPS) is 30.8. The minimum atomic E-state index is 0.0115. The van der Waals surface area contributed by atoms with Gasteiger partial charge in [-0.3, -0.25) is 4.79 Å². The quantitative estimate of drug-likeness (QED) is 0.496. The molecular formula is C14H22O.